The SMILES string of the molecule is Cc1ccc(C(c2ccc(C)c(Cl)c2)N2C[C@H](C)N(c3cc(=O)n(C)c4ccc(C#N)nc34)C[C@H]2C)nc1. The molecule has 4 heterocycles. The van der Waals surface area contributed by atoms with Gasteiger partial charge in [0.2, 0.25) is 0 Å². The molecule has 0 spiro atoms. The molecule has 1 aromatic carbocycles. The van der Waals surface area contributed by atoms with Gasteiger partial charge in [0, 0.05) is 49.5 Å². The molecule has 7 nitrogen and oxygen atoms in total. The average molecular weight is 527 g/mol. The molecule has 0 saturated carbocycles. The van der Waals surface area contributed by atoms with E-state index in [1.807, 2.05) is 20.0 Å². The van der Waals surface area contributed by atoms with Crippen molar-refractivity contribution in [3.05, 3.63) is 98.2 Å². The molecule has 1 fully saturated rings. The first-order valence-corrected chi connectivity index (χ1v) is 13.2. The standard InChI is InChI=1S/C30H31ClN6O/c1-18-6-10-25(33-15-18)30(22-8-7-19(2)24(31)12-22)37-17-20(3)36(16-21(37)4)27-13-28(38)35(5)26-11-9-23(14-32)34-29(26)27/h6-13,15,20-21,30H,16-17H2,1-5H3/t20-,21+,30?/m0/s1. The van der Waals surface area contributed by atoms with Gasteiger partial charge in [0.1, 0.15) is 17.3 Å². The lowest BCUT2D eigenvalue weighted by Crippen LogP contribution is -2.57. The van der Waals surface area contributed by atoms with Crippen molar-refractivity contribution >= 4 is 28.3 Å². The number of benzene rings is 1. The van der Waals surface area contributed by atoms with E-state index in [9.17, 15) is 10.1 Å². The smallest absolute Gasteiger partial charge is 0.252 e. The molecule has 1 unspecified atom stereocenters. The highest BCUT2D eigenvalue weighted by molar-refractivity contribution is 6.31. The largest absolute Gasteiger partial charge is 0.364 e. The Morgan fingerprint density at radius 2 is 1.84 bits per heavy atom. The number of piperazine rings is 1. The molecule has 5 rings (SSSR count). The molecule has 1 aliphatic rings. The predicted octanol–water partition coefficient (Wildman–Crippen LogP) is 5.16. The number of aromatic nitrogens is 3. The van der Waals surface area contributed by atoms with Crippen LogP contribution < -0.4 is 10.5 Å². The third-order valence-electron chi connectivity index (χ3n) is 7.58. The lowest BCUT2D eigenvalue weighted by molar-refractivity contribution is 0.128. The molecule has 0 N–H and O–H groups in total. The molecule has 1 saturated heterocycles. The number of hydrogen-bond acceptors (Lipinski definition) is 6. The topological polar surface area (TPSA) is 78.0 Å². The van der Waals surface area contributed by atoms with E-state index in [0.29, 0.717) is 23.3 Å². The van der Waals surface area contributed by atoms with Crippen LogP contribution in [0.3, 0.4) is 0 Å². The van der Waals surface area contributed by atoms with Crippen LogP contribution in [0.1, 0.15) is 48.0 Å². The van der Waals surface area contributed by atoms with Gasteiger partial charge in [-0.1, -0.05) is 29.8 Å². The Hall–Kier alpha value is -3.73. The number of fused-ring (bicyclic) bond motifs is 1. The fourth-order valence-corrected chi connectivity index (χ4v) is 5.58. The average Bonchev–Trinajstić information content (AvgIpc) is 2.91. The fraction of sp³-hybridized carbons (Fsp3) is 0.333. The van der Waals surface area contributed by atoms with Crippen molar-refractivity contribution in [1.82, 2.24) is 19.4 Å². The summed E-state index contributed by atoms with van der Waals surface area (Å²) in [6.45, 7) is 9.84. The van der Waals surface area contributed by atoms with Crippen LogP contribution in [0.4, 0.5) is 5.69 Å². The number of nitrogens with zero attached hydrogens (tertiary/aromatic N) is 6. The van der Waals surface area contributed by atoms with Gasteiger partial charge in [0.05, 0.1) is 22.9 Å². The summed E-state index contributed by atoms with van der Waals surface area (Å²) in [6.07, 6.45) is 1.91. The number of rotatable bonds is 4. The van der Waals surface area contributed by atoms with Crippen LogP contribution in [-0.2, 0) is 7.05 Å². The monoisotopic (exact) mass is 526 g/mol. The molecule has 38 heavy (non-hydrogen) atoms. The van der Waals surface area contributed by atoms with Crippen LogP contribution in [0.25, 0.3) is 11.0 Å². The highest BCUT2D eigenvalue weighted by Crippen LogP contribution is 2.36. The molecule has 1 aliphatic heterocycles. The Morgan fingerprint density at radius 1 is 1.05 bits per heavy atom. The predicted molar refractivity (Wildman–Crippen MR) is 152 cm³/mol. The molecule has 0 bridgehead atoms. The van der Waals surface area contributed by atoms with Crippen molar-refractivity contribution < 1.29 is 0 Å². The molecular formula is C30H31ClN6O. The van der Waals surface area contributed by atoms with Crippen molar-refractivity contribution in [2.75, 3.05) is 18.0 Å². The lowest BCUT2D eigenvalue weighted by Gasteiger charge is -2.48. The molecule has 0 radical (unpaired) electrons. The Labute approximate surface area is 227 Å². The number of aryl methyl sites for hydroxylation is 3. The molecule has 8 heteroatoms. The van der Waals surface area contributed by atoms with E-state index >= 15 is 0 Å². The van der Waals surface area contributed by atoms with Crippen LogP contribution in [-0.4, -0.2) is 44.6 Å². The summed E-state index contributed by atoms with van der Waals surface area (Å²) < 4.78 is 1.58. The number of anilines is 1. The van der Waals surface area contributed by atoms with Crippen LogP contribution in [0.15, 0.2) is 59.5 Å². The summed E-state index contributed by atoms with van der Waals surface area (Å²) in [5, 5.41) is 10.2. The maximum absolute atomic E-state index is 12.9. The van der Waals surface area contributed by atoms with Gasteiger partial charge < -0.3 is 9.47 Å². The van der Waals surface area contributed by atoms with Crippen molar-refractivity contribution in [2.24, 2.45) is 7.05 Å². The zero-order chi connectivity index (χ0) is 27.1. The summed E-state index contributed by atoms with van der Waals surface area (Å²) >= 11 is 6.58. The zero-order valence-electron chi connectivity index (χ0n) is 22.3. The number of pyridine rings is 3. The number of halogens is 1. The third-order valence-corrected chi connectivity index (χ3v) is 7.99. The van der Waals surface area contributed by atoms with Gasteiger partial charge in [-0.3, -0.25) is 14.7 Å². The third kappa shape index (κ3) is 4.66. The van der Waals surface area contributed by atoms with Crippen LogP contribution in [0.5, 0.6) is 0 Å². The highest BCUT2D eigenvalue weighted by Gasteiger charge is 2.36. The Bertz CT molecular complexity index is 1610. The minimum Gasteiger partial charge on any atom is -0.364 e. The van der Waals surface area contributed by atoms with E-state index in [1.54, 1.807) is 29.8 Å². The minimum absolute atomic E-state index is 0.0721. The second-order valence-electron chi connectivity index (χ2n) is 10.3. The van der Waals surface area contributed by atoms with Crippen molar-refractivity contribution in [3.63, 3.8) is 0 Å². The van der Waals surface area contributed by atoms with Crippen LogP contribution in [0, 0.1) is 25.2 Å². The zero-order valence-corrected chi connectivity index (χ0v) is 23.1. The summed E-state index contributed by atoms with van der Waals surface area (Å²) in [4.78, 5) is 27.0. The molecule has 0 aliphatic carbocycles. The van der Waals surface area contributed by atoms with Gasteiger partial charge in [-0.05, 0) is 68.7 Å². The van der Waals surface area contributed by atoms with Crippen LogP contribution in [0.2, 0.25) is 5.02 Å². The highest BCUT2D eigenvalue weighted by atomic mass is 35.5. The number of hydrogen-bond donors (Lipinski definition) is 0. The molecule has 4 aromatic rings. The van der Waals surface area contributed by atoms with E-state index in [2.05, 4.69) is 65.0 Å². The summed E-state index contributed by atoms with van der Waals surface area (Å²) in [6, 6.07) is 17.8. The minimum atomic E-state index is -0.0997. The summed E-state index contributed by atoms with van der Waals surface area (Å²) in [5.74, 6) is 0. The van der Waals surface area contributed by atoms with E-state index in [-0.39, 0.29) is 23.7 Å². The van der Waals surface area contributed by atoms with Gasteiger partial charge in [0.15, 0.2) is 0 Å². The first kappa shape index (κ1) is 25.9. The summed E-state index contributed by atoms with van der Waals surface area (Å²) in [5.41, 5.74) is 6.61. The maximum atomic E-state index is 12.9. The Balaban J connectivity index is 1.56. The Morgan fingerprint density at radius 3 is 2.53 bits per heavy atom. The number of nitriles is 1. The molecule has 3 aromatic heterocycles. The van der Waals surface area contributed by atoms with Crippen LogP contribution >= 0.6 is 11.6 Å². The van der Waals surface area contributed by atoms with Crippen molar-refractivity contribution in [1.29, 1.82) is 5.26 Å². The van der Waals surface area contributed by atoms with Gasteiger partial charge in [0.25, 0.3) is 5.56 Å². The lowest BCUT2D eigenvalue weighted by atomic mass is 9.95. The van der Waals surface area contributed by atoms with Gasteiger partial charge >= 0.3 is 0 Å². The molecule has 0 amide bonds. The summed E-state index contributed by atoms with van der Waals surface area (Å²) in [7, 11) is 1.73. The first-order chi connectivity index (χ1) is 18.2. The van der Waals surface area contributed by atoms with E-state index < -0.39 is 0 Å². The first-order valence-electron chi connectivity index (χ1n) is 12.8. The molecule has 3 atom stereocenters. The van der Waals surface area contributed by atoms with E-state index in [0.717, 1.165) is 39.6 Å². The van der Waals surface area contributed by atoms with Gasteiger partial charge in [-0.15, -0.1) is 0 Å². The van der Waals surface area contributed by atoms with E-state index in [1.165, 1.54) is 0 Å². The Kier molecular flexibility index (Phi) is 6.95. The van der Waals surface area contributed by atoms with Gasteiger partial charge in [-0.2, -0.15) is 5.26 Å². The normalized spacial score (nSPS) is 18.9. The quantitative estimate of drug-likeness (QED) is 0.365. The second kappa shape index (κ2) is 10.2. The van der Waals surface area contributed by atoms with Gasteiger partial charge in [-0.25, -0.2) is 4.98 Å². The molecule has 194 valence electrons. The maximum Gasteiger partial charge on any atom is 0.252 e. The second-order valence-corrected chi connectivity index (χ2v) is 10.7. The fourth-order valence-electron chi connectivity index (χ4n) is 5.39. The van der Waals surface area contributed by atoms with E-state index in [4.69, 9.17) is 16.6 Å². The molecular weight excluding hydrogens is 496 g/mol. The van der Waals surface area contributed by atoms with Crippen molar-refractivity contribution in [2.45, 2.75) is 45.8 Å². The van der Waals surface area contributed by atoms with Crippen molar-refractivity contribution in [3.8, 4) is 6.07 Å².